The fraction of sp³-hybridized carbons (Fsp3) is 0.550. The van der Waals surface area contributed by atoms with Crippen molar-refractivity contribution in [2.45, 2.75) is 72.5 Å². The van der Waals surface area contributed by atoms with Gasteiger partial charge in [-0.1, -0.05) is 38.1 Å². The van der Waals surface area contributed by atoms with Gasteiger partial charge in [0.25, 0.3) is 0 Å². The van der Waals surface area contributed by atoms with Crippen molar-refractivity contribution in [1.29, 1.82) is 0 Å². The maximum atomic E-state index is 13.3. The van der Waals surface area contributed by atoms with Crippen molar-refractivity contribution in [1.82, 2.24) is 14.8 Å². The average molecular weight is 690 g/mol. The molecule has 2 aromatic carbocycles. The summed E-state index contributed by atoms with van der Waals surface area (Å²) in [5.41, 5.74) is 4.44. The van der Waals surface area contributed by atoms with Crippen LogP contribution in [-0.4, -0.2) is 97.5 Å². The minimum atomic E-state index is -1.19. The number of aromatic nitrogens is 1. The quantitative estimate of drug-likeness (QED) is 0.196. The highest BCUT2D eigenvalue weighted by Crippen LogP contribution is 2.46. The Morgan fingerprint density at radius 1 is 1.00 bits per heavy atom. The summed E-state index contributed by atoms with van der Waals surface area (Å²) in [6.45, 7) is 20.0. The zero-order chi connectivity index (χ0) is 36.1. The molecule has 3 heterocycles. The van der Waals surface area contributed by atoms with Crippen LogP contribution < -0.4 is 15.0 Å². The summed E-state index contributed by atoms with van der Waals surface area (Å²) in [5.74, 6) is 0.182. The van der Waals surface area contributed by atoms with E-state index in [1.165, 1.54) is 12.1 Å². The predicted molar refractivity (Wildman–Crippen MR) is 199 cm³/mol. The highest BCUT2D eigenvalue weighted by molar-refractivity contribution is 5.92. The van der Waals surface area contributed by atoms with Gasteiger partial charge in [-0.05, 0) is 88.4 Å². The lowest BCUT2D eigenvalue weighted by atomic mass is 9.82. The van der Waals surface area contributed by atoms with E-state index in [0.717, 1.165) is 92.6 Å². The van der Waals surface area contributed by atoms with E-state index in [2.05, 4.69) is 40.9 Å². The molecule has 0 aliphatic carbocycles. The Labute approximate surface area is 297 Å². The highest BCUT2D eigenvalue weighted by atomic mass is 19.1. The number of likely N-dealkylation sites (N-methyl/N-ethyl adjacent to an activating group) is 1. The number of rotatable bonds is 13. The zero-order valence-corrected chi connectivity index (χ0v) is 31.0. The van der Waals surface area contributed by atoms with Gasteiger partial charge in [-0.2, -0.15) is 0 Å². The molecule has 50 heavy (non-hydrogen) atoms. The summed E-state index contributed by atoms with van der Waals surface area (Å²) in [7, 11) is 2.16. The molecule has 2 aliphatic rings. The number of pyridine rings is 1. The molecular weight excluding hydrogens is 633 g/mol. The van der Waals surface area contributed by atoms with Gasteiger partial charge in [-0.3, -0.25) is 4.90 Å². The molecule has 3 aromatic rings. The number of anilines is 2. The van der Waals surface area contributed by atoms with Crippen LogP contribution in [0.5, 0.6) is 5.75 Å². The molecule has 0 amide bonds. The number of piperidine rings is 1. The first-order valence-electron chi connectivity index (χ1n) is 18.0. The zero-order valence-electron chi connectivity index (χ0n) is 31.0. The molecule has 272 valence electrons. The van der Waals surface area contributed by atoms with E-state index in [-0.39, 0.29) is 11.2 Å². The van der Waals surface area contributed by atoms with Crippen LogP contribution in [0.15, 0.2) is 48.5 Å². The number of carboxylic acid groups (broad SMARTS) is 1. The summed E-state index contributed by atoms with van der Waals surface area (Å²) >= 11 is 0. The first kappa shape index (κ1) is 37.5. The number of aryl methyl sites for hydroxylation is 1. The van der Waals surface area contributed by atoms with Crippen LogP contribution in [0.2, 0.25) is 0 Å². The number of piperazine rings is 1. The Kier molecular flexibility index (Phi) is 12.1. The topological polar surface area (TPSA) is 90.4 Å². The van der Waals surface area contributed by atoms with Crippen molar-refractivity contribution in [3.05, 3.63) is 71.2 Å². The molecule has 2 N–H and O–H groups in total. The van der Waals surface area contributed by atoms with Gasteiger partial charge in [-0.15, -0.1) is 0 Å². The first-order chi connectivity index (χ1) is 23.7. The highest BCUT2D eigenvalue weighted by Gasteiger charge is 2.37. The monoisotopic (exact) mass is 689 g/mol. The lowest BCUT2D eigenvalue weighted by Gasteiger charge is -2.41. The van der Waals surface area contributed by atoms with Crippen molar-refractivity contribution in [2.24, 2.45) is 5.41 Å². The van der Waals surface area contributed by atoms with E-state index in [1.807, 2.05) is 52.0 Å². The van der Waals surface area contributed by atoms with Gasteiger partial charge in [0.2, 0.25) is 0 Å². The van der Waals surface area contributed by atoms with Crippen LogP contribution in [0.1, 0.15) is 70.4 Å². The predicted octanol–water partition coefficient (Wildman–Crippen LogP) is 7.04. The van der Waals surface area contributed by atoms with Gasteiger partial charge in [0.1, 0.15) is 17.4 Å². The van der Waals surface area contributed by atoms with Crippen molar-refractivity contribution in [3.8, 4) is 16.9 Å². The number of halogens is 1. The fourth-order valence-corrected chi connectivity index (χ4v) is 6.73. The summed E-state index contributed by atoms with van der Waals surface area (Å²) in [6, 6.07) is 14.5. The molecule has 0 radical (unpaired) electrons. The second-order valence-corrected chi connectivity index (χ2v) is 15.6. The van der Waals surface area contributed by atoms with Crippen molar-refractivity contribution < 1.29 is 23.8 Å². The summed E-state index contributed by atoms with van der Waals surface area (Å²) in [6.07, 6.45) is 1.43. The van der Waals surface area contributed by atoms with Gasteiger partial charge in [0.05, 0.1) is 17.9 Å². The van der Waals surface area contributed by atoms with Crippen molar-refractivity contribution >= 4 is 17.5 Å². The normalized spacial score (nSPS) is 17.8. The van der Waals surface area contributed by atoms with Gasteiger partial charge in [-0.25, -0.2) is 14.2 Å². The largest absolute Gasteiger partial charge is 0.493 e. The molecule has 10 heteroatoms. The van der Waals surface area contributed by atoms with E-state index >= 15 is 0 Å². The number of hydrogen-bond donors (Lipinski definition) is 2. The van der Waals surface area contributed by atoms with Crippen LogP contribution in [0.3, 0.4) is 0 Å². The molecule has 0 spiro atoms. The average Bonchev–Trinajstić information content (AvgIpc) is 3.05. The molecular formula is C40H56FN5O4. The van der Waals surface area contributed by atoms with E-state index in [9.17, 15) is 14.3 Å². The van der Waals surface area contributed by atoms with Crippen molar-refractivity contribution in [2.75, 3.05) is 76.2 Å². The van der Waals surface area contributed by atoms with E-state index < -0.39 is 17.7 Å². The third kappa shape index (κ3) is 9.95. The maximum absolute atomic E-state index is 13.3. The molecule has 9 nitrogen and oxygen atoms in total. The fourth-order valence-electron chi connectivity index (χ4n) is 6.73. The Balaban J connectivity index is 1.54. The SMILES string of the molecule is Cc1nc(NCCN2CCN(C)CC2)c(-c2ccc(OCCc3ccc(F)cc3)cc2)c(N2CCC(C)(C)CC2)c1C(OC(C)(C)C)C(=O)O. The number of aliphatic carboxylic acids is 1. The molecule has 1 aromatic heterocycles. The molecule has 1 atom stereocenters. The minimum absolute atomic E-state index is 0.198. The molecule has 0 bridgehead atoms. The van der Waals surface area contributed by atoms with E-state index in [0.29, 0.717) is 30.8 Å². The van der Waals surface area contributed by atoms with E-state index in [1.54, 1.807) is 12.1 Å². The second-order valence-electron chi connectivity index (χ2n) is 15.6. The van der Waals surface area contributed by atoms with Gasteiger partial charge < -0.3 is 29.7 Å². The lowest BCUT2D eigenvalue weighted by molar-refractivity contribution is -0.160. The van der Waals surface area contributed by atoms with Crippen LogP contribution in [0, 0.1) is 18.2 Å². The second kappa shape index (κ2) is 16.1. The summed E-state index contributed by atoms with van der Waals surface area (Å²) < 4.78 is 25.8. The number of carbonyl (C=O) groups is 1. The van der Waals surface area contributed by atoms with Gasteiger partial charge >= 0.3 is 5.97 Å². The number of benzene rings is 2. The molecule has 2 aliphatic heterocycles. The van der Waals surface area contributed by atoms with Crippen LogP contribution in [0.4, 0.5) is 15.9 Å². The molecule has 0 saturated carbocycles. The Morgan fingerprint density at radius 2 is 1.64 bits per heavy atom. The lowest BCUT2D eigenvalue weighted by Crippen LogP contribution is -2.45. The minimum Gasteiger partial charge on any atom is -0.493 e. The molecule has 5 rings (SSSR count). The molecule has 2 fully saturated rings. The Bertz CT molecular complexity index is 1570. The Morgan fingerprint density at radius 3 is 2.24 bits per heavy atom. The summed E-state index contributed by atoms with van der Waals surface area (Å²) in [4.78, 5) is 25.3. The van der Waals surface area contributed by atoms with Crippen LogP contribution in [-0.2, 0) is 16.0 Å². The molecule has 2 saturated heterocycles. The number of ether oxygens (including phenoxy) is 2. The summed E-state index contributed by atoms with van der Waals surface area (Å²) in [5, 5.41) is 14.3. The van der Waals surface area contributed by atoms with Gasteiger partial charge in [0.15, 0.2) is 6.10 Å². The number of nitrogens with zero attached hydrogens (tertiary/aromatic N) is 4. The number of carboxylic acids is 1. The standard InChI is InChI=1S/C40H56FN5O4/c1-28-33(36(38(47)48)50-39(2,3)4)35(46-20-17-40(5,6)18-21-46)34(37(43-28)42-19-22-45-25-23-44(7)24-26-45)30-10-14-32(15-11-30)49-27-16-29-8-12-31(41)13-9-29/h8-15,36H,16-27H2,1-7H3,(H,42,43)(H,47,48). The third-order valence-electron chi connectivity index (χ3n) is 9.82. The van der Waals surface area contributed by atoms with Crippen LogP contribution >= 0.6 is 0 Å². The first-order valence-corrected chi connectivity index (χ1v) is 18.0. The van der Waals surface area contributed by atoms with E-state index in [4.69, 9.17) is 14.5 Å². The number of nitrogens with one attached hydrogen (secondary N) is 1. The van der Waals surface area contributed by atoms with Crippen molar-refractivity contribution in [3.63, 3.8) is 0 Å². The number of hydrogen-bond acceptors (Lipinski definition) is 8. The van der Waals surface area contributed by atoms with Crippen LogP contribution in [0.25, 0.3) is 11.1 Å². The maximum Gasteiger partial charge on any atom is 0.337 e. The van der Waals surface area contributed by atoms with Gasteiger partial charge in [0, 0.05) is 75.6 Å². The molecule has 1 unspecified atom stereocenters. The Hall–Kier alpha value is -3.73. The third-order valence-corrected chi connectivity index (χ3v) is 9.82. The smallest absolute Gasteiger partial charge is 0.337 e.